The Morgan fingerprint density at radius 2 is 2.12 bits per heavy atom. The predicted octanol–water partition coefficient (Wildman–Crippen LogP) is 0.378. The van der Waals surface area contributed by atoms with E-state index in [2.05, 4.69) is 15.6 Å². The van der Waals surface area contributed by atoms with E-state index >= 15 is 0 Å². The Labute approximate surface area is 193 Å². The Morgan fingerprint density at radius 3 is 2.94 bits per heavy atom. The van der Waals surface area contributed by atoms with E-state index in [0.29, 0.717) is 24.2 Å². The molecule has 5 heterocycles. The van der Waals surface area contributed by atoms with Crippen molar-refractivity contribution >= 4 is 5.91 Å². The normalized spacial score (nSPS) is 29.4. The lowest BCUT2D eigenvalue weighted by Gasteiger charge is -2.46. The van der Waals surface area contributed by atoms with Gasteiger partial charge in [0.05, 0.1) is 31.7 Å². The number of hydrogen-bond donors (Lipinski definition) is 3. The Bertz CT molecular complexity index is 1030. The van der Waals surface area contributed by atoms with Gasteiger partial charge in [0, 0.05) is 19.4 Å². The minimum atomic E-state index is -0.794. The zero-order valence-electron chi connectivity index (χ0n) is 18.8. The highest BCUT2D eigenvalue weighted by Gasteiger charge is 2.46. The molecule has 1 aromatic carbocycles. The molecule has 4 aliphatic heterocycles. The third-order valence-electron chi connectivity index (χ3n) is 8.15. The quantitative estimate of drug-likeness (QED) is 0.583. The van der Waals surface area contributed by atoms with E-state index in [1.165, 1.54) is 4.90 Å². The number of quaternary nitrogens is 1. The fourth-order valence-electron chi connectivity index (χ4n) is 6.23. The number of nitrogens with zero attached hydrogens (tertiary/aromatic N) is 3. The second kappa shape index (κ2) is 8.29. The van der Waals surface area contributed by atoms with Crippen molar-refractivity contribution in [1.29, 1.82) is 0 Å². The molecule has 1 saturated carbocycles. The van der Waals surface area contributed by atoms with Crippen molar-refractivity contribution in [3.05, 3.63) is 35.7 Å². The molecule has 176 valence electrons. The molecule has 1 amide bonds. The van der Waals surface area contributed by atoms with Crippen LogP contribution in [0.4, 0.5) is 0 Å². The molecule has 2 bridgehead atoms. The number of nitrogens with one attached hydrogen (secondary N) is 2. The molecule has 0 spiro atoms. The van der Waals surface area contributed by atoms with Crippen LogP contribution < -0.4 is 19.7 Å². The summed E-state index contributed by atoms with van der Waals surface area (Å²) in [7, 11) is 0. The fraction of sp³-hybridized carbons (Fsp3) is 0.625. The van der Waals surface area contributed by atoms with Crippen LogP contribution in [0.15, 0.2) is 24.4 Å². The molecule has 3 saturated heterocycles. The summed E-state index contributed by atoms with van der Waals surface area (Å²) in [6, 6.07) is 6.25. The third kappa shape index (κ3) is 3.97. The topological polar surface area (TPSA) is 103 Å². The number of carbonyl (C=O) groups excluding carboxylic acids is 1. The van der Waals surface area contributed by atoms with Gasteiger partial charge >= 0.3 is 0 Å². The number of amides is 1. The van der Waals surface area contributed by atoms with Crippen LogP contribution in [0.3, 0.4) is 0 Å². The molecule has 3 N–H and O–H groups in total. The van der Waals surface area contributed by atoms with Gasteiger partial charge in [0.15, 0.2) is 11.5 Å². The number of benzene rings is 1. The first-order valence-corrected chi connectivity index (χ1v) is 12.2. The molecule has 4 atom stereocenters. The molecule has 33 heavy (non-hydrogen) atoms. The van der Waals surface area contributed by atoms with E-state index in [-0.39, 0.29) is 18.6 Å². The van der Waals surface area contributed by atoms with Gasteiger partial charge in [-0.25, -0.2) is 4.68 Å². The molecule has 9 heteroatoms. The Morgan fingerprint density at radius 1 is 1.27 bits per heavy atom. The molecule has 1 aromatic heterocycles. The van der Waals surface area contributed by atoms with Gasteiger partial charge in [-0.05, 0) is 36.5 Å². The van der Waals surface area contributed by atoms with Crippen molar-refractivity contribution in [1.82, 2.24) is 20.3 Å². The van der Waals surface area contributed by atoms with Crippen LogP contribution in [0, 0.1) is 11.8 Å². The summed E-state index contributed by atoms with van der Waals surface area (Å²) in [5, 5.41) is 22.5. The third-order valence-corrected chi connectivity index (χ3v) is 8.15. The minimum absolute atomic E-state index is 0.0597. The first-order valence-electron chi connectivity index (χ1n) is 12.2. The Hall–Kier alpha value is -2.65. The molecule has 1 unspecified atom stereocenters. The molecule has 5 aliphatic rings. The Kier molecular flexibility index (Phi) is 5.25. The van der Waals surface area contributed by atoms with Crippen LogP contribution in [0.5, 0.6) is 11.5 Å². The molecule has 9 nitrogen and oxygen atoms in total. The van der Waals surface area contributed by atoms with E-state index in [1.54, 1.807) is 0 Å². The standard InChI is InChI=1S/C24H31N5O4/c30-23(25-11-16-3-4-20-21(9-16)33-15-32-20)19-13-28-8-5-17(19)10-18(28)12-29-14-22(26-27-29)24(31)6-1-2-7-24/h3-4,9,14,17-19,31H,1-2,5-8,10-13,15H2,(H,25,30)/p+1/t17-,18+,19-/m0/s1. The van der Waals surface area contributed by atoms with E-state index in [1.807, 2.05) is 29.1 Å². The van der Waals surface area contributed by atoms with Gasteiger partial charge in [-0.3, -0.25) is 4.79 Å². The second-order valence-corrected chi connectivity index (χ2v) is 10.2. The molecule has 1 aliphatic carbocycles. The number of rotatable bonds is 6. The minimum Gasteiger partial charge on any atom is -0.454 e. The van der Waals surface area contributed by atoms with Gasteiger partial charge < -0.3 is 24.8 Å². The number of piperidine rings is 3. The lowest BCUT2D eigenvalue weighted by Crippen LogP contribution is -3.20. The van der Waals surface area contributed by atoms with Gasteiger partial charge in [-0.15, -0.1) is 5.10 Å². The molecule has 7 rings (SSSR count). The van der Waals surface area contributed by atoms with E-state index in [4.69, 9.17) is 9.47 Å². The molecule has 0 radical (unpaired) electrons. The number of ether oxygens (including phenoxy) is 2. The first kappa shape index (κ1) is 20.9. The lowest BCUT2D eigenvalue weighted by molar-refractivity contribution is -0.945. The van der Waals surface area contributed by atoms with Crippen molar-refractivity contribution in [3.63, 3.8) is 0 Å². The monoisotopic (exact) mass is 454 g/mol. The van der Waals surface area contributed by atoms with Gasteiger partial charge in [-0.1, -0.05) is 24.1 Å². The van der Waals surface area contributed by atoms with Gasteiger partial charge in [-0.2, -0.15) is 0 Å². The fourth-order valence-corrected chi connectivity index (χ4v) is 6.23. The zero-order valence-corrected chi connectivity index (χ0v) is 18.8. The van der Waals surface area contributed by atoms with Crippen molar-refractivity contribution in [3.8, 4) is 11.5 Å². The average molecular weight is 455 g/mol. The molecule has 4 fully saturated rings. The average Bonchev–Trinajstić information content (AvgIpc) is 3.59. The summed E-state index contributed by atoms with van der Waals surface area (Å²) in [6.45, 7) is 3.52. The van der Waals surface area contributed by atoms with E-state index in [0.717, 1.165) is 75.2 Å². The van der Waals surface area contributed by atoms with Gasteiger partial charge in [0.2, 0.25) is 12.7 Å². The smallest absolute Gasteiger partial charge is 0.231 e. The van der Waals surface area contributed by atoms with Crippen molar-refractivity contribution in [2.24, 2.45) is 11.8 Å². The summed E-state index contributed by atoms with van der Waals surface area (Å²) in [6.07, 6.45) is 7.69. The largest absolute Gasteiger partial charge is 0.454 e. The maximum absolute atomic E-state index is 13.0. The second-order valence-electron chi connectivity index (χ2n) is 10.2. The van der Waals surface area contributed by atoms with Gasteiger partial charge in [0.25, 0.3) is 0 Å². The Balaban J connectivity index is 1.05. The number of aliphatic hydroxyl groups is 1. The molecule has 2 aromatic rings. The number of fused-ring (bicyclic) bond motifs is 4. The SMILES string of the molecule is O=C(NCc1ccc2c(c1)OCO2)[C@H]1C[NH+]2CC[C@H]1C[C@@H]2Cn1cc(C2(O)CCCC2)nn1. The van der Waals surface area contributed by atoms with Crippen molar-refractivity contribution in [2.75, 3.05) is 19.9 Å². The number of carbonyl (C=O) groups is 1. The van der Waals surface area contributed by atoms with Crippen LogP contribution in [-0.2, 0) is 23.5 Å². The lowest BCUT2D eigenvalue weighted by atomic mass is 9.75. The highest BCUT2D eigenvalue weighted by atomic mass is 16.7. The van der Waals surface area contributed by atoms with E-state index < -0.39 is 5.60 Å². The van der Waals surface area contributed by atoms with Crippen molar-refractivity contribution in [2.45, 2.75) is 63.3 Å². The van der Waals surface area contributed by atoms with Crippen LogP contribution in [-0.4, -0.2) is 51.9 Å². The van der Waals surface area contributed by atoms with Crippen LogP contribution in [0.1, 0.15) is 49.8 Å². The number of aromatic nitrogens is 3. The maximum atomic E-state index is 13.0. The van der Waals surface area contributed by atoms with Crippen molar-refractivity contribution < 1.29 is 24.3 Å². The highest BCUT2D eigenvalue weighted by molar-refractivity contribution is 5.79. The maximum Gasteiger partial charge on any atom is 0.231 e. The van der Waals surface area contributed by atoms with Gasteiger partial charge in [0.1, 0.15) is 17.3 Å². The highest BCUT2D eigenvalue weighted by Crippen LogP contribution is 2.37. The summed E-state index contributed by atoms with van der Waals surface area (Å²) < 4.78 is 12.7. The first-order chi connectivity index (χ1) is 16.1. The number of hydrogen-bond acceptors (Lipinski definition) is 6. The summed E-state index contributed by atoms with van der Waals surface area (Å²) in [5.41, 5.74) is 0.940. The van der Waals surface area contributed by atoms with Crippen LogP contribution in [0.2, 0.25) is 0 Å². The summed E-state index contributed by atoms with van der Waals surface area (Å²) in [5.74, 6) is 2.12. The molecular formula is C24H32N5O4+. The van der Waals surface area contributed by atoms with E-state index in [9.17, 15) is 9.90 Å². The van der Waals surface area contributed by atoms with Crippen LogP contribution >= 0.6 is 0 Å². The summed E-state index contributed by atoms with van der Waals surface area (Å²) >= 11 is 0. The zero-order chi connectivity index (χ0) is 22.4. The molecular weight excluding hydrogens is 422 g/mol. The van der Waals surface area contributed by atoms with Crippen LogP contribution in [0.25, 0.3) is 0 Å². The summed E-state index contributed by atoms with van der Waals surface area (Å²) in [4.78, 5) is 14.5. The predicted molar refractivity (Wildman–Crippen MR) is 117 cm³/mol.